The largest absolute Gasteiger partial charge is 0.490 e. The standard InChI is InChI=1S/C11H13BrN2O2.C2HF3O2/c12-10-2-1-9(16-10)11(15)14-5-7-3-8(6-14)13-4-7;3-2(4,5)1(6)7/h1-2,7-8,13H,3-6H2;(H,6,7)/t7-,8-;/m1./s1. The van der Waals surface area contributed by atoms with Crippen LogP contribution in [0.4, 0.5) is 13.2 Å². The van der Waals surface area contributed by atoms with Gasteiger partial charge in [-0.1, -0.05) is 0 Å². The van der Waals surface area contributed by atoms with E-state index in [-0.39, 0.29) is 5.91 Å². The molecule has 0 spiro atoms. The second kappa shape index (κ2) is 6.91. The van der Waals surface area contributed by atoms with E-state index >= 15 is 0 Å². The van der Waals surface area contributed by atoms with Crippen LogP contribution in [-0.4, -0.2) is 53.7 Å². The predicted octanol–water partition coefficient (Wildman–Crippen LogP) is 2.11. The number of amides is 1. The molecule has 10 heteroatoms. The molecular weight excluding hydrogens is 385 g/mol. The van der Waals surface area contributed by atoms with Crippen LogP contribution in [0.3, 0.4) is 0 Å². The Morgan fingerprint density at radius 2 is 2.00 bits per heavy atom. The number of hydrogen-bond donors (Lipinski definition) is 2. The molecule has 0 saturated carbocycles. The first kappa shape index (κ1) is 17.8. The molecule has 2 fully saturated rings. The maximum Gasteiger partial charge on any atom is 0.490 e. The normalized spacial score (nSPS) is 23.2. The SMILES string of the molecule is O=C(O)C(F)(F)F.O=C(c1ccc(Br)o1)N1C[C@H]2CN[C@H](C2)C1. The Hall–Kier alpha value is -1.55. The lowest BCUT2D eigenvalue weighted by Crippen LogP contribution is -2.44. The minimum atomic E-state index is -5.08. The number of nitrogens with zero attached hydrogens (tertiary/aromatic N) is 1. The zero-order valence-electron chi connectivity index (χ0n) is 11.8. The molecule has 3 heterocycles. The van der Waals surface area contributed by atoms with Gasteiger partial charge in [-0.2, -0.15) is 13.2 Å². The lowest BCUT2D eigenvalue weighted by molar-refractivity contribution is -0.192. The summed E-state index contributed by atoms with van der Waals surface area (Å²) in [4.78, 5) is 22.9. The molecule has 2 aliphatic heterocycles. The molecule has 0 radical (unpaired) electrons. The zero-order chi connectivity index (χ0) is 17.2. The average molecular weight is 399 g/mol. The van der Waals surface area contributed by atoms with Gasteiger partial charge in [-0.25, -0.2) is 4.79 Å². The third-order valence-electron chi connectivity index (χ3n) is 3.55. The number of furan rings is 1. The fourth-order valence-corrected chi connectivity index (χ4v) is 2.89. The lowest BCUT2D eigenvalue weighted by atomic mass is 10.00. The van der Waals surface area contributed by atoms with Crippen LogP contribution < -0.4 is 5.32 Å². The molecule has 1 aromatic heterocycles. The molecule has 1 aromatic rings. The van der Waals surface area contributed by atoms with Gasteiger partial charge in [0.2, 0.25) is 0 Å². The summed E-state index contributed by atoms with van der Waals surface area (Å²) in [7, 11) is 0. The number of rotatable bonds is 1. The van der Waals surface area contributed by atoms with Crippen LogP contribution in [0.5, 0.6) is 0 Å². The van der Waals surface area contributed by atoms with E-state index in [4.69, 9.17) is 14.3 Å². The van der Waals surface area contributed by atoms with Crippen LogP contribution >= 0.6 is 15.9 Å². The molecule has 1 amide bonds. The molecule has 3 rings (SSSR count). The summed E-state index contributed by atoms with van der Waals surface area (Å²) >= 11 is 3.21. The topological polar surface area (TPSA) is 82.8 Å². The number of alkyl halides is 3. The third-order valence-corrected chi connectivity index (χ3v) is 3.97. The minimum absolute atomic E-state index is 0.00380. The van der Waals surface area contributed by atoms with Gasteiger partial charge in [0.1, 0.15) is 0 Å². The second-order valence-corrected chi connectivity index (χ2v) is 6.11. The summed E-state index contributed by atoms with van der Waals surface area (Å²) < 4.78 is 37.6. The van der Waals surface area contributed by atoms with Crippen molar-refractivity contribution < 1.29 is 32.3 Å². The van der Waals surface area contributed by atoms with Crippen molar-refractivity contribution in [1.29, 1.82) is 0 Å². The maximum absolute atomic E-state index is 12.1. The van der Waals surface area contributed by atoms with Gasteiger partial charge >= 0.3 is 12.1 Å². The number of carbonyl (C=O) groups is 2. The Balaban J connectivity index is 0.000000236. The van der Waals surface area contributed by atoms with E-state index < -0.39 is 12.1 Å². The highest BCUT2D eigenvalue weighted by Crippen LogP contribution is 2.24. The van der Waals surface area contributed by atoms with Crippen molar-refractivity contribution in [2.24, 2.45) is 5.92 Å². The molecule has 2 bridgehead atoms. The first-order valence-electron chi connectivity index (χ1n) is 6.75. The van der Waals surface area contributed by atoms with Gasteiger partial charge in [0, 0.05) is 25.7 Å². The number of likely N-dealkylation sites (tertiary alicyclic amines) is 1. The molecule has 0 aliphatic carbocycles. The van der Waals surface area contributed by atoms with Gasteiger partial charge in [0.15, 0.2) is 10.4 Å². The number of halogens is 4. The summed E-state index contributed by atoms with van der Waals surface area (Å²) in [5, 5.41) is 10.6. The van der Waals surface area contributed by atoms with Crippen molar-refractivity contribution in [3.05, 3.63) is 22.6 Å². The van der Waals surface area contributed by atoms with Gasteiger partial charge in [-0.15, -0.1) is 0 Å². The maximum atomic E-state index is 12.1. The number of carbonyl (C=O) groups excluding carboxylic acids is 1. The number of nitrogens with one attached hydrogen (secondary N) is 1. The molecular formula is C13H14BrF3N2O4. The first-order chi connectivity index (χ1) is 10.7. The highest BCUT2D eigenvalue weighted by molar-refractivity contribution is 9.10. The van der Waals surface area contributed by atoms with Crippen molar-refractivity contribution >= 4 is 27.8 Å². The average Bonchev–Trinajstić information content (AvgIpc) is 3.03. The van der Waals surface area contributed by atoms with Gasteiger partial charge in [0.25, 0.3) is 5.91 Å². The van der Waals surface area contributed by atoms with Crippen LogP contribution in [-0.2, 0) is 4.79 Å². The van der Waals surface area contributed by atoms with Gasteiger partial charge in [-0.3, -0.25) is 4.79 Å². The van der Waals surface area contributed by atoms with Crippen LogP contribution in [0, 0.1) is 5.92 Å². The van der Waals surface area contributed by atoms with Crippen molar-refractivity contribution in [3.63, 3.8) is 0 Å². The second-order valence-electron chi connectivity index (χ2n) is 5.32. The van der Waals surface area contributed by atoms with Crippen molar-refractivity contribution in [1.82, 2.24) is 10.2 Å². The fourth-order valence-electron chi connectivity index (χ4n) is 2.58. The molecule has 2 saturated heterocycles. The minimum Gasteiger partial charge on any atom is -0.475 e. The first-order valence-corrected chi connectivity index (χ1v) is 7.54. The van der Waals surface area contributed by atoms with E-state index in [0.717, 1.165) is 19.6 Å². The van der Waals surface area contributed by atoms with Gasteiger partial charge in [-0.05, 0) is 40.4 Å². The molecule has 2 N–H and O–H groups in total. The van der Waals surface area contributed by atoms with Crippen LogP contribution in [0.2, 0.25) is 0 Å². The monoisotopic (exact) mass is 398 g/mol. The molecule has 2 atom stereocenters. The number of hydrogen-bond acceptors (Lipinski definition) is 4. The summed E-state index contributed by atoms with van der Waals surface area (Å²) in [5.74, 6) is -1.72. The molecule has 0 aromatic carbocycles. The van der Waals surface area contributed by atoms with Crippen LogP contribution in [0.1, 0.15) is 17.0 Å². The molecule has 128 valence electrons. The number of carboxylic acids is 1. The van der Waals surface area contributed by atoms with Gasteiger partial charge in [0.05, 0.1) is 0 Å². The van der Waals surface area contributed by atoms with Crippen LogP contribution in [0.25, 0.3) is 0 Å². The van der Waals surface area contributed by atoms with E-state index in [1.54, 1.807) is 12.1 Å². The molecule has 23 heavy (non-hydrogen) atoms. The lowest BCUT2D eigenvalue weighted by Gasteiger charge is -2.30. The van der Waals surface area contributed by atoms with E-state index in [9.17, 15) is 18.0 Å². The highest BCUT2D eigenvalue weighted by atomic mass is 79.9. The summed E-state index contributed by atoms with van der Waals surface area (Å²) in [6.45, 7) is 2.69. The number of aliphatic carboxylic acids is 1. The predicted molar refractivity (Wildman–Crippen MR) is 75.9 cm³/mol. The van der Waals surface area contributed by atoms with Crippen molar-refractivity contribution in [2.45, 2.75) is 18.6 Å². The third kappa shape index (κ3) is 4.71. The quantitative estimate of drug-likeness (QED) is 0.756. The highest BCUT2D eigenvalue weighted by Gasteiger charge is 2.38. The number of fused-ring (bicyclic) bond motifs is 2. The van der Waals surface area contributed by atoms with Crippen molar-refractivity contribution in [3.8, 4) is 0 Å². The number of carboxylic acid groups (broad SMARTS) is 1. The Morgan fingerprint density at radius 3 is 2.48 bits per heavy atom. The van der Waals surface area contributed by atoms with E-state index in [1.807, 2.05) is 4.90 Å². The Bertz CT molecular complexity index is 578. The molecule has 2 aliphatic rings. The smallest absolute Gasteiger partial charge is 0.475 e. The molecule has 0 unspecified atom stereocenters. The van der Waals surface area contributed by atoms with Gasteiger partial charge < -0.3 is 19.7 Å². The van der Waals surface area contributed by atoms with E-state index in [1.165, 1.54) is 6.42 Å². The number of piperidine rings is 1. The zero-order valence-corrected chi connectivity index (χ0v) is 13.4. The van der Waals surface area contributed by atoms with Crippen molar-refractivity contribution in [2.75, 3.05) is 19.6 Å². The Kier molecular flexibility index (Phi) is 5.35. The summed E-state index contributed by atoms with van der Waals surface area (Å²) in [6, 6.07) is 3.95. The van der Waals surface area contributed by atoms with E-state index in [0.29, 0.717) is 22.4 Å². The fraction of sp³-hybridized carbons (Fsp3) is 0.538. The summed E-state index contributed by atoms with van der Waals surface area (Å²) in [6.07, 6.45) is -3.88. The molecule has 6 nitrogen and oxygen atoms in total. The van der Waals surface area contributed by atoms with Crippen LogP contribution in [0.15, 0.2) is 21.2 Å². The Morgan fingerprint density at radius 1 is 1.35 bits per heavy atom. The van der Waals surface area contributed by atoms with E-state index in [2.05, 4.69) is 21.2 Å². The summed E-state index contributed by atoms with van der Waals surface area (Å²) in [5.41, 5.74) is 0. The Labute approximate surface area is 137 Å².